The highest BCUT2D eigenvalue weighted by molar-refractivity contribution is 6.38. The van der Waals surface area contributed by atoms with Crippen LogP contribution in [0.5, 0.6) is 17.2 Å². The van der Waals surface area contributed by atoms with Gasteiger partial charge in [-0.3, -0.25) is 9.59 Å². The molecule has 184 valence electrons. The molecule has 1 saturated heterocycles. The normalized spacial score (nSPS) is 18.5. The van der Waals surface area contributed by atoms with E-state index in [1.165, 1.54) is 12.0 Å². The Labute approximate surface area is 196 Å². The summed E-state index contributed by atoms with van der Waals surface area (Å²) in [7, 11) is 4.62. The van der Waals surface area contributed by atoms with Gasteiger partial charge in [0.25, 0.3) is 5.91 Å². The first-order valence-corrected chi connectivity index (χ1v) is 11.5. The molecule has 1 fully saturated rings. The number of nitrogens with zero attached hydrogens (tertiary/aromatic N) is 1. The third-order valence-electron chi connectivity index (χ3n) is 6.86. The lowest BCUT2D eigenvalue weighted by molar-refractivity contribution is -0.167. The van der Waals surface area contributed by atoms with E-state index in [1.807, 2.05) is 19.1 Å². The van der Waals surface area contributed by atoms with E-state index in [0.717, 1.165) is 5.56 Å². The standard InChI is InChI=1S/C25H37NO7/c1-7-24(2,3)21(27)22(28)26-14-9-8-12-25(26,23(29)30)13-10-11-17-15-18(31-4)20(33-6)19(16-17)32-5/h15-16H,7-14H2,1-6H3,(H,29,30)/t25-/m1/s1. The summed E-state index contributed by atoms with van der Waals surface area (Å²) in [5.74, 6) is -0.711. The van der Waals surface area contributed by atoms with Crippen LogP contribution < -0.4 is 14.2 Å². The number of aryl methyl sites for hydroxylation is 1. The molecule has 0 aromatic heterocycles. The topological polar surface area (TPSA) is 102 Å². The third kappa shape index (κ3) is 5.42. The summed E-state index contributed by atoms with van der Waals surface area (Å²) in [6, 6.07) is 3.68. The minimum absolute atomic E-state index is 0.255. The van der Waals surface area contributed by atoms with Crippen molar-refractivity contribution in [2.45, 2.75) is 71.3 Å². The van der Waals surface area contributed by atoms with Crippen molar-refractivity contribution in [2.24, 2.45) is 5.41 Å². The molecule has 2 rings (SSSR count). The molecule has 0 unspecified atom stereocenters. The lowest BCUT2D eigenvalue weighted by atomic mass is 9.79. The van der Waals surface area contributed by atoms with E-state index in [1.54, 1.807) is 28.1 Å². The van der Waals surface area contributed by atoms with E-state index >= 15 is 0 Å². The summed E-state index contributed by atoms with van der Waals surface area (Å²) >= 11 is 0. The number of likely N-dealkylation sites (tertiary alicyclic amines) is 1. The van der Waals surface area contributed by atoms with Crippen LogP contribution >= 0.6 is 0 Å². The molecule has 1 aliphatic rings. The Bertz CT molecular complexity index is 855. The minimum Gasteiger partial charge on any atom is -0.493 e. The van der Waals surface area contributed by atoms with Crippen LogP contribution in [-0.2, 0) is 20.8 Å². The maximum absolute atomic E-state index is 13.2. The van der Waals surface area contributed by atoms with Crippen LogP contribution in [-0.4, -0.2) is 61.1 Å². The quantitative estimate of drug-likeness (QED) is 0.497. The monoisotopic (exact) mass is 463 g/mol. The van der Waals surface area contributed by atoms with E-state index in [2.05, 4.69) is 0 Å². The van der Waals surface area contributed by atoms with Gasteiger partial charge in [-0.15, -0.1) is 0 Å². The number of ketones is 1. The van der Waals surface area contributed by atoms with Crippen molar-refractivity contribution in [3.05, 3.63) is 17.7 Å². The molecule has 0 aliphatic carbocycles. The van der Waals surface area contributed by atoms with Gasteiger partial charge in [-0.05, 0) is 62.6 Å². The number of carboxylic acids is 1. The molecule has 1 heterocycles. The van der Waals surface area contributed by atoms with Crippen molar-refractivity contribution in [2.75, 3.05) is 27.9 Å². The van der Waals surface area contributed by atoms with E-state index in [-0.39, 0.29) is 13.0 Å². The van der Waals surface area contributed by atoms with Crippen LogP contribution in [0.2, 0.25) is 0 Å². The Morgan fingerprint density at radius 1 is 1.06 bits per heavy atom. The number of carbonyl (C=O) groups excluding carboxylic acids is 2. The first-order chi connectivity index (χ1) is 15.6. The van der Waals surface area contributed by atoms with Gasteiger partial charge in [-0.2, -0.15) is 0 Å². The number of benzene rings is 1. The zero-order chi connectivity index (χ0) is 24.8. The lowest BCUT2D eigenvalue weighted by Crippen LogP contribution is -2.61. The number of ether oxygens (including phenoxy) is 3. The summed E-state index contributed by atoms with van der Waals surface area (Å²) < 4.78 is 16.2. The molecule has 0 radical (unpaired) electrons. The van der Waals surface area contributed by atoms with Crippen molar-refractivity contribution in [1.29, 1.82) is 0 Å². The predicted octanol–water partition coefficient (Wildman–Crippen LogP) is 3.88. The second-order valence-electron chi connectivity index (χ2n) is 9.20. The van der Waals surface area contributed by atoms with E-state index in [9.17, 15) is 19.5 Å². The van der Waals surface area contributed by atoms with Crippen molar-refractivity contribution < 1.29 is 33.7 Å². The van der Waals surface area contributed by atoms with E-state index < -0.39 is 28.6 Å². The molecule has 1 N–H and O–H groups in total. The largest absolute Gasteiger partial charge is 0.493 e. The molecule has 1 atom stereocenters. The fourth-order valence-corrected chi connectivity index (χ4v) is 4.36. The van der Waals surface area contributed by atoms with Crippen molar-refractivity contribution in [3.63, 3.8) is 0 Å². The van der Waals surface area contributed by atoms with Gasteiger partial charge in [-0.25, -0.2) is 4.79 Å². The van der Waals surface area contributed by atoms with Gasteiger partial charge in [-0.1, -0.05) is 20.8 Å². The number of methoxy groups -OCH3 is 3. The van der Waals surface area contributed by atoms with Gasteiger partial charge in [0.15, 0.2) is 11.5 Å². The summed E-state index contributed by atoms with van der Waals surface area (Å²) in [5, 5.41) is 10.2. The molecule has 1 amide bonds. The lowest BCUT2D eigenvalue weighted by Gasteiger charge is -2.44. The van der Waals surface area contributed by atoms with Gasteiger partial charge < -0.3 is 24.2 Å². The summed E-state index contributed by atoms with van der Waals surface area (Å²) in [6.45, 7) is 5.58. The van der Waals surface area contributed by atoms with Crippen molar-refractivity contribution in [3.8, 4) is 17.2 Å². The number of hydrogen-bond donors (Lipinski definition) is 1. The third-order valence-corrected chi connectivity index (χ3v) is 6.86. The van der Waals surface area contributed by atoms with Crippen molar-refractivity contribution in [1.82, 2.24) is 4.90 Å². The molecule has 1 aliphatic heterocycles. The summed E-state index contributed by atoms with van der Waals surface area (Å²) in [5.41, 5.74) is -1.30. The Balaban J connectivity index is 2.27. The number of aliphatic carboxylic acids is 1. The van der Waals surface area contributed by atoms with Crippen molar-refractivity contribution >= 4 is 17.7 Å². The summed E-state index contributed by atoms with van der Waals surface area (Å²) in [4.78, 5) is 39.9. The van der Waals surface area contributed by atoms with E-state index in [4.69, 9.17) is 14.2 Å². The second kappa shape index (κ2) is 10.9. The highest BCUT2D eigenvalue weighted by atomic mass is 16.5. The van der Waals surface area contributed by atoms with Crippen LogP contribution in [0.15, 0.2) is 12.1 Å². The Morgan fingerprint density at radius 2 is 1.67 bits per heavy atom. The molecule has 0 spiro atoms. The zero-order valence-corrected chi connectivity index (χ0v) is 20.7. The molecule has 0 bridgehead atoms. The highest BCUT2D eigenvalue weighted by Crippen LogP contribution is 2.39. The molecule has 1 aromatic carbocycles. The Hall–Kier alpha value is -2.77. The Morgan fingerprint density at radius 3 is 2.15 bits per heavy atom. The predicted molar refractivity (Wildman–Crippen MR) is 124 cm³/mol. The Kier molecular flexibility index (Phi) is 8.75. The zero-order valence-electron chi connectivity index (χ0n) is 20.7. The number of rotatable bonds is 11. The average molecular weight is 464 g/mol. The molecule has 8 heteroatoms. The summed E-state index contributed by atoms with van der Waals surface area (Å²) in [6.07, 6.45) is 3.56. The van der Waals surface area contributed by atoms with Crippen LogP contribution in [0.25, 0.3) is 0 Å². The molecule has 1 aromatic rings. The fourth-order valence-electron chi connectivity index (χ4n) is 4.36. The number of amides is 1. The van der Waals surface area contributed by atoms with Gasteiger partial charge in [0.1, 0.15) is 5.54 Å². The number of piperidine rings is 1. The number of Topliss-reactive ketones (excluding diaryl/α,β-unsaturated/α-hetero) is 1. The molecule has 8 nitrogen and oxygen atoms in total. The van der Waals surface area contributed by atoms with Gasteiger partial charge in [0.05, 0.1) is 21.3 Å². The maximum Gasteiger partial charge on any atom is 0.329 e. The second-order valence-corrected chi connectivity index (χ2v) is 9.20. The fraction of sp³-hybridized carbons (Fsp3) is 0.640. The van der Waals surface area contributed by atoms with Crippen LogP contribution in [0.4, 0.5) is 0 Å². The molecular weight excluding hydrogens is 426 g/mol. The minimum atomic E-state index is -1.38. The number of hydrogen-bond acceptors (Lipinski definition) is 6. The number of carboxylic acid groups (broad SMARTS) is 1. The van der Waals surface area contributed by atoms with Crippen LogP contribution in [0, 0.1) is 5.41 Å². The first-order valence-electron chi connectivity index (χ1n) is 11.5. The SMILES string of the molecule is CCC(C)(C)C(=O)C(=O)N1CCCC[C@@]1(CCCc1cc(OC)c(OC)c(OC)c1)C(=O)O. The molecule has 33 heavy (non-hydrogen) atoms. The maximum atomic E-state index is 13.2. The van der Waals surface area contributed by atoms with Crippen LogP contribution in [0.1, 0.15) is 64.9 Å². The smallest absolute Gasteiger partial charge is 0.329 e. The van der Waals surface area contributed by atoms with Gasteiger partial charge in [0, 0.05) is 12.0 Å². The van der Waals surface area contributed by atoms with Gasteiger partial charge >= 0.3 is 5.97 Å². The molecule has 0 saturated carbocycles. The van der Waals surface area contributed by atoms with Gasteiger partial charge in [0.2, 0.25) is 11.5 Å². The number of carbonyl (C=O) groups is 3. The molecular formula is C25H37NO7. The van der Waals surface area contributed by atoms with Crippen LogP contribution in [0.3, 0.4) is 0 Å². The average Bonchev–Trinajstić information content (AvgIpc) is 2.82. The first kappa shape index (κ1) is 26.5. The van der Waals surface area contributed by atoms with E-state index in [0.29, 0.717) is 55.8 Å². The highest BCUT2D eigenvalue weighted by Gasteiger charge is 2.50.